The predicted octanol–water partition coefficient (Wildman–Crippen LogP) is 3.27. The molecule has 1 aromatic heterocycles. The van der Waals surface area contributed by atoms with E-state index in [2.05, 4.69) is 10.3 Å². The molecule has 6 nitrogen and oxygen atoms in total. The van der Waals surface area contributed by atoms with Gasteiger partial charge in [-0.15, -0.1) is 0 Å². The summed E-state index contributed by atoms with van der Waals surface area (Å²) in [4.78, 5) is 16.1. The molecule has 0 spiro atoms. The number of aromatic nitrogens is 1. The number of benzene rings is 2. The van der Waals surface area contributed by atoms with Gasteiger partial charge in [-0.1, -0.05) is 29.8 Å². The molecule has 0 unspecified atom stereocenters. The van der Waals surface area contributed by atoms with Crippen LogP contribution >= 0.6 is 11.6 Å². The number of fused-ring (bicyclic) bond motifs is 1. The Morgan fingerprint density at radius 1 is 1.23 bits per heavy atom. The van der Waals surface area contributed by atoms with E-state index in [9.17, 15) is 17.6 Å². The average molecular weight is 394 g/mol. The highest BCUT2D eigenvalue weighted by Crippen LogP contribution is 2.35. The van der Waals surface area contributed by atoms with Crippen molar-refractivity contribution < 1.29 is 17.6 Å². The minimum absolute atomic E-state index is 0.0935. The van der Waals surface area contributed by atoms with Crippen molar-refractivity contribution in [1.29, 1.82) is 0 Å². The maximum atomic E-state index is 13.5. The van der Waals surface area contributed by atoms with Crippen LogP contribution in [-0.4, -0.2) is 25.6 Å². The number of nitrogens with two attached hydrogens (primary N) is 1. The third-order valence-electron chi connectivity index (χ3n) is 3.62. The van der Waals surface area contributed by atoms with E-state index in [0.29, 0.717) is 11.1 Å². The number of rotatable bonds is 4. The van der Waals surface area contributed by atoms with Gasteiger partial charge in [-0.25, -0.2) is 17.8 Å². The summed E-state index contributed by atoms with van der Waals surface area (Å²) in [5, 5.41) is 2.96. The zero-order valence-electron chi connectivity index (χ0n) is 13.5. The molecule has 0 radical (unpaired) electrons. The molecule has 3 N–H and O–H groups in total. The summed E-state index contributed by atoms with van der Waals surface area (Å²) in [5.41, 5.74) is 5.70. The van der Waals surface area contributed by atoms with E-state index < -0.39 is 26.6 Å². The highest BCUT2D eigenvalue weighted by atomic mass is 35.5. The minimum atomic E-state index is -3.89. The number of hydrogen-bond donors (Lipinski definition) is 2. The monoisotopic (exact) mass is 393 g/mol. The zero-order valence-corrected chi connectivity index (χ0v) is 15.0. The van der Waals surface area contributed by atoms with Crippen LogP contribution in [0.4, 0.5) is 15.8 Å². The van der Waals surface area contributed by atoms with E-state index in [1.54, 1.807) is 24.3 Å². The normalized spacial score (nSPS) is 11.5. The van der Waals surface area contributed by atoms with Crippen LogP contribution in [0.5, 0.6) is 0 Å². The maximum Gasteiger partial charge on any atom is 0.253 e. The Morgan fingerprint density at radius 2 is 1.92 bits per heavy atom. The van der Waals surface area contributed by atoms with Gasteiger partial charge in [-0.2, -0.15) is 0 Å². The Kier molecular flexibility index (Phi) is 4.55. The Balaban J connectivity index is 2.42. The number of halogens is 2. The Labute approximate surface area is 153 Å². The fourth-order valence-corrected chi connectivity index (χ4v) is 3.61. The molecule has 2 aromatic carbocycles. The lowest BCUT2D eigenvalue weighted by Gasteiger charge is -2.16. The molecule has 9 heteroatoms. The van der Waals surface area contributed by atoms with Gasteiger partial charge >= 0.3 is 0 Å². The molecule has 0 aliphatic rings. The number of anilines is 2. The Hall–Kier alpha value is -2.71. The summed E-state index contributed by atoms with van der Waals surface area (Å²) in [6, 6.07) is 10.2. The number of para-hydroxylation sites is 1. The number of nitrogens with one attached hydrogen (secondary N) is 1. The second kappa shape index (κ2) is 6.54. The van der Waals surface area contributed by atoms with Crippen LogP contribution in [0.2, 0.25) is 5.02 Å². The molecular weight excluding hydrogens is 381 g/mol. The number of primary amides is 1. The summed E-state index contributed by atoms with van der Waals surface area (Å²) < 4.78 is 37.9. The molecule has 0 atom stereocenters. The molecule has 1 heterocycles. The maximum absolute atomic E-state index is 13.5. The highest BCUT2D eigenvalue weighted by molar-refractivity contribution is 7.90. The number of carbonyl (C=O) groups excluding carboxylic acids is 1. The molecule has 0 saturated carbocycles. The van der Waals surface area contributed by atoms with Gasteiger partial charge in [0.1, 0.15) is 11.4 Å². The molecular formula is C17H13ClFN3O3S. The summed E-state index contributed by atoms with van der Waals surface area (Å²) in [6.45, 7) is 0. The first-order valence-corrected chi connectivity index (χ1v) is 9.60. The van der Waals surface area contributed by atoms with E-state index in [1.807, 2.05) is 0 Å². The fourth-order valence-electron chi connectivity index (χ4n) is 2.57. The fraction of sp³-hybridized carbons (Fsp3) is 0.0588. The second-order valence-corrected chi connectivity index (χ2v) is 7.91. The van der Waals surface area contributed by atoms with Gasteiger partial charge in [-0.05, 0) is 24.3 Å². The number of carbonyl (C=O) groups is 1. The second-order valence-electron chi connectivity index (χ2n) is 5.57. The van der Waals surface area contributed by atoms with Crippen molar-refractivity contribution in [3.8, 4) is 0 Å². The smallest absolute Gasteiger partial charge is 0.253 e. The molecule has 0 fully saturated rings. The molecule has 134 valence electrons. The van der Waals surface area contributed by atoms with Crippen LogP contribution < -0.4 is 11.1 Å². The number of pyridine rings is 1. The number of hydrogen-bond acceptors (Lipinski definition) is 5. The molecule has 26 heavy (non-hydrogen) atoms. The first-order chi connectivity index (χ1) is 12.2. The average Bonchev–Trinajstić information content (AvgIpc) is 2.54. The Bertz CT molecular complexity index is 1150. The lowest BCUT2D eigenvalue weighted by molar-refractivity contribution is 0.0997. The predicted molar refractivity (Wildman–Crippen MR) is 98.1 cm³/mol. The summed E-state index contributed by atoms with van der Waals surface area (Å²) in [7, 11) is -3.89. The number of nitrogens with zero attached hydrogens (tertiary/aromatic N) is 1. The molecule has 3 aromatic rings. The summed E-state index contributed by atoms with van der Waals surface area (Å²) in [6.07, 6.45) is 0.913. The van der Waals surface area contributed by atoms with Gasteiger partial charge in [0, 0.05) is 17.3 Å². The van der Waals surface area contributed by atoms with Crippen molar-refractivity contribution in [3.05, 3.63) is 58.9 Å². The summed E-state index contributed by atoms with van der Waals surface area (Å²) in [5.74, 6) is -1.49. The minimum Gasteiger partial charge on any atom is -0.365 e. The van der Waals surface area contributed by atoms with E-state index in [4.69, 9.17) is 17.3 Å². The van der Waals surface area contributed by atoms with Crippen LogP contribution in [-0.2, 0) is 9.84 Å². The topological polar surface area (TPSA) is 102 Å². The standard InChI is InChI=1S/C17H13ClFN3O3S/c1-26(24,25)17-13(16(20)23)15(21-10-5-2-4-9(19)8-10)11-6-3-7-12(18)14(11)22-17/h2-8H,1H3,(H2,20,23)(H,21,22). The van der Waals surface area contributed by atoms with Gasteiger partial charge in [0.2, 0.25) is 0 Å². The molecule has 0 saturated heterocycles. The van der Waals surface area contributed by atoms with Crippen molar-refractivity contribution in [2.75, 3.05) is 11.6 Å². The first-order valence-electron chi connectivity index (χ1n) is 7.33. The van der Waals surface area contributed by atoms with Crippen molar-refractivity contribution >= 4 is 49.6 Å². The lowest BCUT2D eigenvalue weighted by Crippen LogP contribution is -2.20. The van der Waals surface area contributed by atoms with Crippen LogP contribution in [0.1, 0.15) is 10.4 Å². The zero-order chi connectivity index (χ0) is 19.1. The molecule has 1 amide bonds. The van der Waals surface area contributed by atoms with Crippen LogP contribution in [0.25, 0.3) is 10.9 Å². The van der Waals surface area contributed by atoms with Crippen molar-refractivity contribution in [1.82, 2.24) is 4.98 Å². The quantitative estimate of drug-likeness (QED) is 0.708. The van der Waals surface area contributed by atoms with E-state index in [-0.39, 0.29) is 21.8 Å². The van der Waals surface area contributed by atoms with Crippen LogP contribution in [0, 0.1) is 5.82 Å². The van der Waals surface area contributed by atoms with Gasteiger partial charge in [-0.3, -0.25) is 4.79 Å². The van der Waals surface area contributed by atoms with Gasteiger partial charge in [0.05, 0.1) is 16.2 Å². The van der Waals surface area contributed by atoms with Gasteiger partial charge < -0.3 is 11.1 Å². The third kappa shape index (κ3) is 3.33. The SMILES string of the molecule is CS(=O)(=O)c1nc2c(Cl)cccc2c(Nc2cccc(F)c2)c1C(N)=O. The van der Waals surface area contributed by atoms with Gasteiger partial charge in [0.15, 0.2) is 14.9 Å². The number of sulfone groups is 1. The van der Waals surface area contributed by atoms with Crippen LogP contribution in [0.15, 0.2) is 47.5 Å². The van der Waals surface area contributed by atoms with Crippen LogP contribution in [0.3, 0.4) is 0 Å². The largest absolute Gasteiger partial charge is 0.365 e. The molecule has 0 aliphatic heterocycles. The van der Waals surface area contributed by atoms with Gasteiger partial charge in [0.25, 0.3) is 5.91 Å². The highest BCUT2D eigenvalue weighted by Gasteiger charge is 2.26. The van der Waals surface area contributed by atoms with E-state index in [1.165, 1.54) is 18.2 Å². The van der Waals surface area contributed by atoms with E-state index in [0.717, 1.165) is 6.26 Å². The van der Waals surface area contributed by atoms with Crippen molar-refractivity contribution in [2.24, 2.45) is 5.73 Å². The lowest BCUT2D eigenvalue weighted by atomic mass is 10.1. The molecule has 0 aliphatic carbocycles. The van der Waals surface area contributed by atoms with E-state index >= 15 is 0 Å². The number of amides is 1. The Morgan fingerprint density at radius 3 is 2.54 bits per heavy atom. The van der Waals surface area contributed by atoms with Crippen molar-refractivity contribution in [3.63, 3.8) is 0 Å². The van der Waals surface area contributed by atoms with Crippen molar-refractivity contribution in [2.45, 2.75) is 5.03 Å². The molecule has 3 rings (SSSR count). The molecule has 0 bridgehead atoms. The summed E-state index contributed by atoms with van der Waals surface area (Å²) >= 11 is 6.15. The first kappa shape index (κ1) is 18.1. The third-order valence-corrected chi connectivity index (χ3v) is 4.93.